The molecule has 0 aromatic heterocycles. The van der Waals surface area contributed by atoms with Gasteiger partial charge >= 0.3 is 5.97 Å². The van der Waals surface area contributed by atoms with Gasteiger partial charge in [0.15, 0.2) is 11.6 Å². The zero-order valence-corrected chi connectivity index (χ0v) is 8.87. The molecule has 82 valence electrons. The van der Waals surface area contributed by atoms with Gasteiger partial charge in [0.2, 0.25) is 0 Å². The van der Waals surface area contributed by atoms with Crippen LogP contribution >= 0.6 is 0 Å². The van der Waals surface area contributed by atoms with Crippen molar-refractivity contribution in [1.29, 1.82) is 0 Å². The molecule has 0 aliphatic carbocycles. The minimum Gasteiger partial charge on any atom is -0.481 e. The summed E-state index contributed by atoms with van der Waals surface area (Å²) in [5.41, 5.74) is 0.353. The molecule has 0 unspecified atom stereocenters. The van der Waals surface area contributed by atoms with Crippen molar-refractivity contribution >= 4 is 17.5 Å². The van der Waals surface area contributed by atoms with E-state index in [-0.39, 0.29) is 11.1 Å². The van der Waals surface area contributed by atoms with Crippen LogP contribution in [0.25, 0.3) is 0 Å². The number of aliphatic carboxylic acids is 1. The summed E-state index contributed by atoms with van der Waals surface area (Å²) in [5, 5.41) is 8.58. The van der Waals surface area contributed by atoms with Crippen molar-refractivity contribution in [1.82, 2.24) is 0 Å². The number of carboxylic acid groups (broad SMARTS) is 1. The Kier molecular flexibility index (Phi) is 4.64. The number of carbonyl (C=O) groups is 3. The molecular weight excluding hydrogens is 196 g/mol. The van der Waals surface area contributed by atoms with Gasteiger partial charge in [-0.3, -0.25) is 14.4 Å². The molecule has 15 heavy (non-hydrogen) atoms. The highest BCUT2D eigenvalue weighted by Crippen LogP contribution is 2.15. The number of allylic oxidation sites excluding steroid dienone is 2. The predicted octanol–water partition coefficient (Wildman–Crippen LogP) is 1.37. The monoisotopic (exact) mass is 210 g/mol. The summed E-state index contributed by atoms with van der Waals surface area (Å²) in [6.45, 7) is 9.70. The zero-order valence-electron chi connectivity index (χ0n) is 8.87. The van der Waals surface area contributed by atoms with Gasteiger partial charge in [-0.1, -0.05) is 13.2 Å². The molecule has 0 bridgehead atoms. The lowest BCUT2D eigenvalue weighted by Crippen LogP contribution is -2.27. The first-order valence-electron chi connectivity index (χ1n) is 4.38. The largest absolute Gasteiger partial charge is 0.481 e. The zero-order chi connectivity index (χ0) is 12.2. The Hall–Kier alpha value is -1.71. The molecule has 0 radical (unpaired) electrons. The minimum atomic E-state index is -1.19. The number of hydrogen-bond donors (Lipinski definition) is 1. The van der Waals surface area contributed by atoms with Crippen LogP contribution in [0.1, 0.15) is 20.3 Å². The molecule has 4 nitrogen and oxygen atoms in total. The summed E-state index contributed by atoms with van der Waals surface area (Å²) in [6.07, 6.45) is -0.516. The fourth-order valence-corrected chi connectivity index (χ4v) is 1.07. The first-order valence-corrected chi connectivity index (χ1v) is 4.38. The quantitative estimate of drug-likeness (QED) is 0.531. The first-order chi connectivity index (χ1) is 6.77. The minimum absolute atomic E-state index is 0.177. The van der Waals surface area contributed by atoms with E-state index >= 15 is 0 Å². The first kappa shape index (κ1) is 13.3. The van der Waals surface area contributed by atoms with Gasteiger partial charge in [-0.2, -0.15) is 0 Å². The van der Waals surface area contributed by atoms with Crippen molar-refractivity contribution < 1.29 is 19.5 Å². The molecule has 0 aromatic rings. The summed E-state index contributed by atoms with van der Waals surface area (Å²) in [7, 11) is 0. The summed E-state index contributed by atoms with van der Waals surface area (Å²) in [6, 6.07) is 0. The van der Waals surface area contributed by atoms with Crippen molar-refractivity contribution in [3.63, 3.8) is 0 Å². The number of carbonyl (C=O) groups excluding carboxylic acids is 2. The molecule has 0 heterocycles. The Morgan fingerprint density at radius 1 is 1.07 bits per heavy atom. The lowest BCUT2D eigenvalue weighted by atomic mass is 9.89. The molecule has 0 rings (SSSR count). The van der Waals surface area contributed by atoms with E-state index in [0.29, 0.717) is 0 Å². The van der Waals surface area contributed by atoms with Crippen LogP contribution < -0.4 is 0 Å². The van der Waals surface area contributed by atoms with E-state index in [4.69, 9.17) is 5.11 Å². The number of rotatable bonds is 6. The third-order valence-corrected chi connectivity index (χ3v) is 1.85. The fraction of sp³-hybridized carbons (Fsp3) is 0.364. The van der Waals surface area contributed by atoms with Gasteiger partial charge in [0.05, 0.1) is 12.3 Å². The van der Waals surface area contributed by atoms with E-state index in [1.807, 2.05) is 0 Å². The SMILES string of the molecule is C=C(C)C(=O)C(CC(=O)O)C(=O)C(=C)C. The molecule has 0 fully saturated rings. The van der Waals surface area contributed by atoms with Crippen molar-refractivity contribution in [3.05, 3.63) is 24.3 Å². The molecule has 0 atom stereocenters. The van der Waals surface area contributed by atoms with Crippen LogP contribution in [0.4, 0.5) is 0 Å². The summed E-state index contributed by atoms with van der Waals surface area (Å²) < 4.78 is 0. The van der Waals surface area contributed by atoms with E-state index < -0.39 is 29.9 Å². The van der Waals surface area contributed by atoms with E-state index in [0.717, 1.165) is 0 Å². The average Bonchev–Trinajstić information content (AvgIpc) is 2.11. The second kappa shape index (κ2) is 5.24. The van der Waals surface area contributed by atoms with E-state index in [2.05, 4.69) is 13.2 Å². The van der Waals surface area contributed by atoms with Crippen molar-refractivity contribution in [3.8, 4) is 0 Å². The van der Waals surface area contributed by atoms with Crippen molar-refractivity contribution in [2.45, 2.75) is 20.3 Å². The number of Topliss-reactive ketones (excluding diaryl/α,β-unsaturated/α-hetero) is 2. The van der Waals surface area contributed by atoms with Crippen LogP contribution in [0.5, 0.6) is 0 Å². The van der Waals surface area contributed by atoms with Gasteiger partial charge in [0, 0.05) is 0 Å². The summed E-state index contributed by atoms with van der Waals surface area (Å²) in [5.74, 6) is -3.45. The Morgan fingerprint density at radius 2 is 1.40 bits per heavy atom. The summed E-state index contributed by atoms with van der Waals surface area (Å²) in [4.78, 5) is 33.5. The molecule has 0 saturated heterocycles. The Morgan fingerprint density at radius 3 is 1.60 bits per heavy atom. The fourth-order valence-electron chi connectivity index (χ4n) is 1.07. The van der Waals surface area contributed by atoms with Crippen LogP contribution in [-0.2, 0) is 14.4 Å². The van der Waals surface area contributed by atoms with Crippen LogP contribution in [0.15, 0.2) is 24.3 Å². The van der Waals surface area contributed by atoms with Gasteiger partial charge in [-0.25, -0.2) is 0 Å². The van der Waals surface area contributed by atoms with Crippen LogP contribution in [0.2, 0.25) is 0 Å². The highest BCUT2D eigenvalue weighted by atomic mass is 16.4. The van der Waals surface area contributed by atoms with Crippen LogP contribution in [0.3, 0.4) is 0 Å². The van der Waals surface area contributed by atoms with Gasteiger partial charge in [-0.05, 0) is 25.0 Å². The van der Waals surface area contributed by atoms with Gasteiger partial charge < -0.3 is 5.11 Å². The van der Waals surface area contributed by atoms with Crippen molar-refractivity contribution in [2.24, 2.45) is 5.92 Å². The molecule has 0 spiro atoms. The number of ketones is 2. The molecular formula is C11H14O4. The Labute approximate surface area is 88.3 Å². The molecule has 0 aliphatic heterocycles. The second-order valence-corrected chi connectivity index (χ2v) is 3.44. The maximum atomic E-state index is 11.5. The van der Waals surface area contributed by atoms with Crippen LogP contribution in [-0.4, -0.2) is 22.6 Å². The maximum absolute atomic E-state index is 11.5. The predicted molar refractivity (Wildman–Crippen MR) is 55.4 cm³/mol. The smallest absolute Gasteiger partial charge is 0.304 e. The maximum Gasteiger partial charge on any atom is 0.304 e. The molecule has 0 saturated carbocycles. The van der Waals surface area contributed by atoms with Crippen LogP contribution in [0, 0.1) is 5.92 Å². The lowest BCUT2D eigenvalue weighted by Gasteiger charge is -2.12. The Balaban J connectivity index is 4.97. The molecule has 0 aromatic carbocycles. The topological polar surface area (TPSA) is 71.4 Å². The second-order valence-electron chi connectivity index (χ2n) is 3.44. The molecule has 0 amide bonds. The standard InChI is InChI=1S/C11H14O4/c1-6(2)10(14)8(5-9(12)13)11(15)7(3)4/h8H,1,3,5H2,2,4H3,(H,12,13). The molecule has 0 aliphatic rings. The lowest BCUT2D eigenvalue weighted by molar-refractivity contribution is -0.142. The van der Waals surface area contributed by atoms with Gasteiger partial charge in [0.1, 0.15) is 0 Å². The summed E-state index contributed by atoms with van der Waals surface area (Å²) >= 11 is 0. The molecule has 4 heteroatoms. The number of carboxylic acids is 1. The number of hydrogen-bond acceptors (Lipinski definition) is 3. The van der Waals surface area contributed by atoms with Gasteiger partial charge in [0.25, 0.3) is 0 Å². The average molecular weight is 210 g/mol. The van der Waals surface area contributed by atoms with Gasteiger partial charge in [-0.15, -0.1) is 0 Å². The third-order valence-electron chi connectivity index (χ3n) is 1.85. The molecule has 1 N–H and O–H groups in total. The normalized spacial score (nSPS) is 9.80. The third kappa shape index (κ3) is 3.89. The Bertz CT molecular complexity index is 312. The van der Waals surface area contributed by atoms with E-state index in [9.17, 15) is 14.4 Å². The van der Waals surface area contributed by atoms with E-state index in [1.165, 1.54) is 13.8 Å². The highest BCUT2D eigenvalue weighted by molar-refractivity contribution is 6.16. The van der Waals surface area contributed by atoms with E-state index in [1.54, 1.807) is 0 Å². The van der Waals surface area contributed by atoms with Crippen molar-refractivity contribution in [2.75, 3.05) is 0 Å². The highest BCUT2D eigenvalue weighted by Gasteiger charge is 2.29.